The Kier molecular flexibility index (Phi) is 5.07. The molecule has 164 valence electrons. The van der Waals surface area contributed by atoms with Crippen LogP contribution in [0.25, 0.3) is 22.2 Å². The summed E-state index contributed by atoms with van der Waals surface area (Å²) in [5, 5.41) is 0.964. The van der Waals surface area contributed by atoms with Crippen LogP contribution >= 0.6 is 0 Å². The van der Waals surface area contributed by atoms with Crippen LogP contribution in [0, 0.1) is 13.8 Å². The molecule has 5 rings (SSSR count). The van der Waals surface area contributed by atoms with E-state index in [4.69, 9.17) is 0 Å². The van der Waals surface area contributed by atoms with Gasteiger partial charge in [0.1, 0.15) is 0 Å². The highest BCUT2D eigenvalue weighted by atomic mass is 32.2. The molecule has 0 unspecified atom stereocenters. The van der Waals surface area contributed by atoms with E-state index in [-0.39, 0.29) is 0 Å². The van der Waals surface area contributed by atoms with Crippen molar-refractivity contribution in [3.05, 3.63) is 89.9 Å². The molecule has 0 saturated heterocycles. The second-order valence-electron chi connectivity index (χ2n) is 8.55. The summed E-state index contributed by atoms with van der Waals surface area (Å²) in [6.45, 7) is 5.95. The second kappa shape index (κ2) is 7.80. The van der Waals surface area contributed by atoms with Gasteiger partial charge in [-0.3, -0.25) is 0 Å². The van der Waals surface area contributed by atoms with Crippen LogP contribution < -0.4 is 0 Å². The van der Waals surface area contributed by atoms with Gasteiger partial charge in [0.2, 0.25) is 0 Å². The van der Waals surface area contributed by atoms with Gasteiger partial charge in [-0.2, -0.15) is 0 Å². The van der Waals surface area contributed by atoms with E-state index in [0.717, 1.165) is 47.5 Å². The molecular weight excluding hydrogens is 418 g/mol. The van der Waals surface area contributed by atoms with Crippen molar-refractivity contribution in [3.63, 3.8) is 0 Å². The van der Waals surface area contributed by atoms with Crippen LogP contribution in [0.3, 0.4) is 0 Å². The summed E-state index contributed by atoms with van der Waals surface area (Å²) in [6, 6.07) is 19.0. The predicted molar refractivity (Wildman–Crippen MR) is 130 cm³/mol. The standard InChI is InChI=1S/C26H27N3O2S/c1-19-9-10-20(2)29(19)22-11-12-24-25(21-13-15-27(3)16-14-21)18-28(26(24)17-22)32(30,31)23-7-5-4-6-8-23/h4-13,17-18H,14-16H2,1-3H3. The van der Waals surface area contributed by atoms with Crippen LogP contribution in [0.4, 0.5) is 0 Å². The summed E-state index contributed by atoms with van der Waals surface area (Å²) in [6.07, 6.45) is 4.92. The molecule has 32 heavy (non-hydrogen) atoms. The maximum absolute atomic E-state index is 13.7. The van der Waals surface area contributed by atoms with E-state index in [0.29, 0.717) is 10.4 Å². The molecule has 2 aromatic carbocycles. The second-order valence-corrected chi connectivity index (χ2v) is 10.4. The van der Waals surface area contributed by atoms with E-state index in [1.54, 1.807) is 24.3 Å². The minimum atomic E-state index is -3.73. The summed E-state index contributed by atoms with van der Waals surface area (Å²) < 4.78 is 30.9. The normalized spacial score (nSPS) is 15.3. The van der Waals surface area contributed by atoms with E-state index >= 15 is 0 Å². The molecule has 1 aliphatic rings. The van der Waals surface area contributed by atoms with Crippen molar-refractivity contribution in [2.24, 2.45) is 0 Å². The number of hydrogen-bond donors (Lipinski definition) is 0. The van der Waals surface area contributed by atoms with Crippen molar-refractivity contribution >= 4 is 26.5 Å². The number of benzene rings is 2. The first-order valence-corrected chi connectivity index (χ1v) is 12.3. The molecule has 6 heteroatoms. The van der Waals surface area contributed by atoms with Gasteiger partial charge in [-0.05, 0) is 69.3 Å². The van der Waals surface area contributed by atoms with Gasteiger partial charge in [0.15, 0.2) is 0 Å². The predicted octanol–water partition coefficient (Wildman–Crippen LogP) is 5.00. The minimum Gasteiger partial charge on any atom is -0.318 e. The summed E-state index contributed by atoms with van der Waals surface area (Å²) in [4.78, 5) is 2.55. The van der Waals surface area contributed by atoms with Gasteiger partial charge < -0.3 is 9.47 Å². The van der Waals surface area contributed by atoms with Crippen molar-refractivity contribution in [3.8, 4) is 5.69 Å². The first kappa shape index (κ1) is 20.8. The summed E-state index contributed by atoms with van der Waals surface area (Å²) in [7, 11) is -1.63. The molecule has 0 saturated carbocycles. The van der Waals surface area contributed by atoms with Crippen LogP contribution in [0.1, 0.15) is 23.4 Å². The monoisotopic (exact) mass is 445 g/mol. The lowest BCUT2D eigenvalue weighted by Gasteiger charge is -2.21. The number of rotatable bonds is 4. The third-order valence-corrected chi connectivity index (χ3v) is 8.03. The highest BCUT2D eigenvalue weighted by Crippen LogP contribution is 2.34. The molecule has 2 aromatic heterocycles. The number of aromatic nitrogens is 2. The molecule has 3 heterocycles. The largest absolute Gasteiger partial charge is 0.318 e. The topological polar surface area (TPSA) is 47.2 Å². The van der Waals surface area contributed by atoms with E-state index in [1.807, 2.05) is 18.3 Å². The lowest BCUT2D eigenvalue weighted by molar-refractivity contribution is 0.370. The Morgan fingerprint density at radius 2 is 1.62 bits per heavy atom. The minimum absolute atomic E-state index is 0.291. The molecule has 1 aliphatic heterocycles. The van der Waals surface area contributed by atoms with Gasteiger partial charge in [0.25, 0.3) is 10.0 Å². The highest BCUT2D eigenvalue weighted by molar-refractivity contribution is 7.90. The van der Waals surface area contributed by atoms with E-state index in [9.17, 15) is 8.42 Å². The smallest absolute Gasteiger partial charge is 0.268 e. The quantitative estimate of drug-likeness (QED) is 0.444. The zero-order chi connectivity index (χ0) is 22.5. The molecule has 0 N–H and O–H groups in total. The molecular formula is C26H27N3O2S. The lowest BCUT2D eigenvalue weighted by atomic mass is 9.99. The number of aryl methyl sites for hydroxylation is 2. The van der Waals surface area contributed by atoms with Crippen LogP contribution in [0.15, 0.2) is 77.8 Å². The average molecular weight is 446 g/mol. The Bertz CT molecular complexity index is 1420. The van der Waals surface area contributed by atoms with Crippen LogP contribution in [-0.2, 0) is 10.0 Å². The summed E-state index contributed by atoms with van der Waals surface area (Å²) in [5.74, 6) is 0. The summed E-state index contributed by atoms with van der Waals surface area (Å²) in [5.41, 5.74) is 6.10. The van der Waals surface area contributed by atoms with Gasteiger partial charge in [0, 0.05) is 47.3 Å². The van der Waals surface area contributed by atoms with Gasteiger partial charge in [-0.25, -0.2) is 12.4 Å². The lowest BCUT2D eigenvalue weighted by Crippen LogP contribution is -2.23. The van der Waals surface area contributed by atoms with Gasteiger partial charge in [-0.1, -0.05) is 30.3 Å². The number of hydrogen-bond acceptors (Lipinski definition) is 3. The van der Waals surface area contributed by atoms with Crippen LogP contribution in [0.2, 0.25) is 0 Å². The van der Waals surface area contributed by atoms with Crippen molar-refractivity contribution in [1.29, 1.82) is 0 Å². The first-order valence-electron chi connectivity index (χ1n) is 10.9. The maximum atomic E-state index is 13.7. The SMILES string of the molecule is Cc1ccc(C)n1-c1ccc2c(C3=CCN(C)CC3)cn(S(=O)(=O)c3ccccc3)c2c1. The van der Waals surface area contributed by atoms with E-state index < -0.39 is 10.0 Å². The van der Waals surface area contributed by atoms with Gasteiger partial charge in [0.05, 0.1) is 10.4 Å². The van der Waals surface area contributed by atoms with Gasteiger partial charge in [-0.15, -0.1) is 0 Å². The molecule has 0 spiro atoms. The number of likely N-dealkylation sites (N-methyl/N-ethyl adjacent to an activating group) is 1. The zero-order valence-electron chi connectivity index (χ0n) is 18.6. The molecule has 0 radical (unpaired) electrons. The van der Waals surface area contributed by atoms with Crippen molar-refractivity contribution in [2.45, 2.75) is 25.2 Å². The molecule has 0 fully saturated rings. The maximum Gasteiger partial charge on any atom is 0.268 e. The number of nitrogens with zero attached hydrogens (tertiary/aromatic N) is 3. The Labute approximate surface area is 189 Å². The van der Waals surface area contributed by atoms with E-state index in [1.165, 1.54) is 9.55 Å². The fourth-order valence-electron chi connectivity index (χ4n) is 4.58. The Morgan fingerprint density at radius 1 is 0.906 bits per heavy atom. The number of fused-ring (bicyclic) bond motifs is 1. The fourth-order valence-corrected chi connectivity index (χ4v) is 5.96. The molecule has 5 nitrogen and oxygen atoms in total. The van der Waals surface area contributed by atoms with Crippen molar-refractivity contribution < 1.29 is 8.42 Å². The zero-order valence-corrected chi connectivity index (χ0v) is 19.4. The van der Waals surface area contributed by atoms with Crippen molar-refractivity contribution in [1.82, 2.24) is 13.4 Å². The Balaban J connectivity index is 1.77. The molecule has 0 aliphatic carbocycles. The molecule has 4 aromatic rings. The molecule has 0 bridgehead atoms. The molecule has 0 amide bonds. The third kappa shape index (κ3) is 3.40. The average Bonchev–Trinajstić information content (AvgIpc) is 3.34. The molecule has 0 atom stereocenters. The van der Waals surface area contributed by atoms with E-state index in [2.05, 4.69) is 60.7 Å². The van der Waals surface area contributed by atoms with Crippen LogP contribution in [-0.4, -0.2) is 42.0 Å². The Morgan fingerprint density at radius 3 is 2.28 bits per heavy atom. The summed E-state index contributed by atoms with van der Waals surface area (Å²) >= 11 is 0. The van der Waals surface area contributed by atoms with Crippen LogP contribution in [0.5, 0.6) is 0 Å². The van der Waals surface area contributed by atoms with Crippen molar-refractivity contribution in [2.75, 3.05) is 20.1 Å². The Hall–Kier alpha value is -3.09. The highest BCUT2D eigenvalue weighted by Gasteiger charge is 2.24. The van der Waals surface area contributed by atoms with Gasteiger partial charge >= 0.3 is 0 Å². The fraction of sp³-hybridized carbons (Fsp3) is 0.231. The first-order chi connectivity index (χ1) is 15.4. The third-order valence-electron chi connectivity index (χ3n) is 6.34.